The van der Waals surface area contributed by atoms with Crippen molar-refractivity contribution in [1.29, 1.82) is 0 Å². The maximum absolute atomic E-state index is 13.7. The molecule has 0 unspecified atom stereocenters. The molecule has 272 valence electrons. The topological polar surface area (TPSA) is 359 Å². The fourth-order valence-electron chi connectivity index (χ4n) is 6.07. The average molecular weight is 685 g/mol. The first kappa shape index (κ1) is 40.6. The van der Waals surface area contributed by atoms with E-state index in [-0.39, 0.29) is 0 Å². The predicted octanol–water partition coefficient (Wildman–Crippen LogP) is -9.14. The van der Waals surface area contributed by atoms with Crippen molar-refractivity contribution in [2.75, 3.05) is 79.3 Å². The highest BCUT2D eigenvalue weighted by molar-refractivity contribution is 6.09. The summed E-state index contributed by atoms with van der Waals surface area (Å²) in [4.78, 5) is 54.7. The van der Waals surface area contributed by atoms with E-state index in [1.165, 1.54) is 0 Å². The number of amides is 4. The number of carbonyl (C=O) groups is 4. The van der Waals surface area contributed by atoms with Gasteiger partial charge in [-0.15, -0.1) is 0 Å². The Labute approximate surface area is 269 Å². The van der Waals surface area contributed by atoms with Gasteiger partial charge in [-0.3, -0.25) is 19.2 Å². The molecule has 0 aliphatic heterocycles. The van der Waals surface area contributed by atoms with Crippen LogP contribution in [0.15, 0.2) is 0 Å². The Morgan fingerprint density at radius 3 is 0.638 bits per heavy atom. The van der Waals surface area contributed by atoms with E-state index in [1.807, 2.05) is 0 Å². The molecule has 20 heteroatoms. The largest absolute Gasteiger partial charge is 0.394 e. The predicted molar refractivity (Wildman–Crippen MR) is 154 cm³/mol. The summed E-state index contributed by atoms with van der Waals surface area (Å²) in [5.74, 6) is -4.53. The molecule has 2 saturated carbocycles. The van der Waals surface area contributed by atoms with Crippen LogP contribution in [0.1, 0.15) is 25.7 Å². The van der Waals surface area contributed by atoms with Crippen LogP contribution in [-0.2, 0) is 19.2 Å². The van der Waals surface area contributed by atoms with Gasteiger partial charge in [0.2, 0.25) is 23.6 Å². The second-order valence-corrected chi connectivity index (χ2v) is 13.2. The van der Waals surface area contributed by atoms with Gasteiger partial charge in [0.1, 0.15) is 33.0 Å². The lowest BCUT2D eigenvalue weighted by atomic mass is 9.37. The molecule has 0 aromatic rings. The number of nitrogens with one attached hydrogen (secondary N) is 4. The van der Waals surface area contributed by atoms with Crippen molar-refractivity contribution in [3.63, 3.8) is 0 Å². The Morgan fingerprint density at radius 1 is 0.362 bits per heavy atom. The molecule has 4 amide bonds. The van der Waals surface area contributed by atoms with Crippen molar-refractivity contribution in [2.45, 2.75) is 47.8 Å². The Kier molecular flexibility index (Phi) is 13.2. The van der Waals surface area contributed by atoms with Crippen molar-refractivity contribution in [3.8, 4) is 0 Å². The third kappa shape index (κ3) is 7.23. The summed E-state index contributed by atoms with van der Waals surface area (Å²) in [5, 5.41) is 126. The minimum atomic E-state index is -2.13. The lowest BCUT2D eigenvalue weighted by Gasteiger charge is -2.65. The molecule has 2 aliphatic rings. The number of aliphatic hydroxyl groups excluding tert-OH is 12. The lowest BCUT2D eigenvalue weighted by molar-refractivity contribution is -0.199. The van der Waals surface area contributed by atoms with Crippen molar-refractivity contribution in [2.24, 2.45) is 16.2 Å². The summed E-state index contributed by atoms with van der Waals surface area (Å²) in [5.41, 5.74) is -13.4. The standard InChI is InChI=1S/C27H48N4O16/c32-5-22(6-33,7-34)28-17(44)26(18(45)29-23(8-35,9-36)10-37)1-21(2-26)3-27(4-21,19(46)30-24(11-38,12-39)13-40)20(47)31-25(14-41,15-42)16-43/h32-43H,1-16H2,(H,28,44)(H,29,45)(H,30,46)(H,31,47). The van der Waals surface area contributed by atoms with Gasteiger partial charge in [0.25, 0.3) is 0 Å². The highest BCUT2D eigenvalue weighted by Crippen LogP contribution is 2.71. The molecule has 1 spiro atoms. The zero-order valence-electron chi connectivity index (χ0n) is 25.8. The Balaban J connectivity index is 2.55. The minimum Gasteiger partial charge on any atom is -0.394 e. The van der Waals surface area contributed by atoms with Crippen LogP contribution >= 0.6 is 0 Å². The monoisotopic (exact) mass is 684 g/mol. The van der Waals surface area contributed by atoms with Gasteiger partial charge in [-0.2, -0.15) is 0 Å². The molecule has 2 aliphatic carbocycles. The Hall–Kier alpha value is -2.60. The van der Waals surface area contributed by atoms with Gasteiger partial charge in [0.05, 0.1) is 79.3 Å². The smallest absolute Gasteiger partial charge is 0.236 e. The first-order valence-electron chi connectivity index (χ1n) is 14.7. The number of rotatable bonds is 20. The van der Waals surface area contributed by atoms with E-state index in [0.29, 0.717) is 0 Å². The molecule has 0 heterocycles. The van der Waals surface area contributed by atoms with Crippen LogP contribution in [0, 0.1) is 16.2 Å². The summed E-state index contributed by atoms with van der Waals surface area (Å²) in [6.07, 6.45) is -1.75. The van der Waals surface area contributed by atoms with Crippen LogP contribution in [0.4, 0.5) is 0 Å². The van der Waals surface area contributed by atoms with Gasteiger partial charge in [0.15, 0.2) is 0 Å². The van der Waals surface area contributed by atoms with Crippen LogP contribution in [0.25, 0.3) is 0 Å². The normalized spacial score (nSPS) is 18.5. The SMILES string of the molecule is O=C(NC(CO)(CO)CO)C1(C(=O)NC(CO)(CO)CO)CC2(C1)CC(C(=O)NC(CO)(CO)CO)(C(=O)NC(CO)(CO)CO)C2. The first-order valence-corrected chi connectivity index (χ1v) is 14.7. The molecule has 47 heavy (non-hydrogen) atoms. The van der Waals surface area contributed by atoms with E-state index in [2.05, 4.69) is 21.3 Å². The number of hydrogen-bond acceptors (Lipinski definition) is 16. The van der Waals surface area contributed by atoms with Crippen molar-refractivity contribution >= 4 is 23.6 Å². The van der Waals surface area contributed by atoms with Crippen LogP contribution in [0.2, 0.25) is 0 Å². The van der Waals surface area contributed by atoms with E-state index < -0.39 is 167 Å². The quantitative estimate of drug-likeness (QED) is 0.0529. The van der Waals surface area contributed by atoms with Crippen LogP contribution in [-0.4, -0.2) is 186 Å². The molecular weight excluding hydrogens is 636 g/mol. The maximum atomic E-state index is 13.7. The summed E-state index contributed by atoms with van der Waals surface area (Å²) >= 11 is 0. The second kappa shape index (κ2) is 15.3. The van der Waals surface area contributed by atoms with Gasteiger partial charge < -0.3 is 82.5 Å². The molecule has 2 rings (SSSR count). The molecule has 0 radical (unpaired) electrons. The van der Waals surface area contributed by atoms with Crippen LogP contribution < -0.4 is 21.3 Å². The summed E-state index contributed by atoms with van der Waals surface area (Å²) < 4.78 is 0. The zero-order valence-corrected chi connectivity index (χ0v) is 25.8. The van der Waals surface area contributed by atoms with E-state index >= 15 is 0 Å². The summed E-state index contributed by atoms with van der Waals surface area (Å²) in [6, 6.07) is 0. The van der Waals surface area contributed by atoms with E-state index in [9.17, 15) is 80.5 Å². The molecule has 20 nitrogen and oxygen atoms in total. The van der Waals surface area contributed by atoms with Crippen molar-refractivity contribution in [3.05, 3.63) is 0 Å². The highest BCUT2D eigenvalue weighted by atomic mass is 16.3. The summed E-state index contributed by atoms with van der Waals surface area (Å²) in [6.45, 7) is -11.5. The minimum absolute atomic E-state index is 0.438. The number of aliphatic hydroxyl groups is 12. The molecule has 16 N–H and O–H groups in total. The van der Waals surface area contributed by atoms with E-state index in [1.54, 1.807) is 0 Å². The van der Waals surface area contributed by atoms with Crippen LogP contribution in [0.5, 0.6) is 0 Å². The zero-order chi connectivity index (χ0) is 36.0. The molecule has 2 fully saturated rings. The molecule has 0 aromatic heterocycles. The van der Waals surface area contributed by atoms with E-state index in [4.69, 9.17) is 0 Å². The number of hydrogen-bond donors (Lipinski definition) is 16. The third-order valence-corrected chi connectivity index (χ3v) is 9.59. The Bertz CT molecular complexity index is 913. The highest BCUT2D eigenvalue weighted by Gasteiger charge is 2.74. The van der Waals surface area contributed by atoms with E-state index in [0.717, 1.165) is 0 Å². The molecule has 0 bridgehead atoms. The van der Waals surface area contributed by atoms with Gasteiger partial charge >= 0.3 is 0 Å². The van der Waals surface area contributed by atoms with Gasteiger partial charge in [-0.1, -0.05) is 0 Å². The fourth-order valence-corrected chi connectivity index (χ4v) is 6.07. The molecular formula is C27H48N4O16. The third-order valence-electron chi connectivity index (χ3n) is 9.59. The van der Waals surface area contributed by atoms with Crippen LogP contribution in [0.3, 0.4) is 0 Å². The fraction of sp³-hybridized carbons (Fsp3) is 0.852. The first-order chi connectivity index (χ1) is 22.1. The van der Waals surface area contributed by atoms with Crippen molar-refractivity contribution in [1.82, 2.24) is 21.3 Å². The lowest BCUT2D eigenvalue weighted by Crippen LogP contribution is -2.76. The van der Waals surface area contributed by atoms with Gasteiger partial charge in [-0.05, 0) is 31.1 Å². The number of carbonyl (C=O) groups excluding carboxylic acids is 4. The average Bonchev–Trinajstić information content (AvgIpc) is 3.06. The molecule has 0 aromatic carbocycles. The van der Waals surface area contributed by atoms with Crippen molar-refractivity contribution < 1.29 is 80.5 Å². The maximum Gasteiger partial charge on any atom is 0.236 e. The summed E-state index contributed by atoms with van der Waals surface area (Å²) in [7, 11) is 0. The Morgan fingerprint density at radius 2 is 0.511 bits per heavy atom. The molecule has 0 atom stereocenters. The van der Waals surface area contributed by atoms with Gasteiger partial charge in [0, 0.05) is 0 Å². The second-order valence-electron chi connectivity index (χ2n) is 13.2. The van der Waals surface area contributed by atoms with Gasteiger partial charge in [-0.25, -0.2) is 0 Å². The molecule has 0 saturated heterocycles.